The number of aryl methyl sites for hydroxylation is 1. The lowest BCUT2D eigenvalue weighted by Gasteiger charge is -2.21. The van der Waals surface area contributed by atoms with E-state index in [1.165, 1.54) is 10.6 Å². The van der Waals surface area contributed by atoms with Gasteiger partial charge in [0.25, 0.3) is 11.5 Å². The maximum Gasteiger partial charge on any atom is 0.259 e. The highest BCUT2D eigenvalue weighted by Crippen LogP contribution is 2.35. The molecular formula is C27H31FN4O3S. The molecule has 1 fully saturated rings. The molecule has 190 valence electrons. The van der Waals surface area contributed by atoms with Crippen LogP contribution in [-0.4, -0.2) is 34.9 Å². The molecule has 0 radical (unpaired) electrons. The Morgan fingerprint density at radius 2 is 1.94 bits per heavy atom. The standard InChI is InChI=1S/C27H31FN4O3S/c1-16-9-12-22(21(28)13-16)30-25-23(26(33)29-19-10-11-19)24(17(2)27(34)32(25)5)35-20-8-6-7-18(14-20)15-36-31(3)4/h6-9,12-14,19,30H,10-11,15H2,1-5H3,(H,29,33). The molecule has 36 heavy (non-hydrogen) atoms. The molecule has 1 aliphatic rings. The first-order chi connectivity index (χ1) is 17.1. The van der Waals surface area contributed by atoms with Gasteiger partial charge in [-0.3, -0.25) is 18.5 Å². The minimum absolute atomic E-state index is 0.0817. The van der Waals surface area contributed by atoms with Crippen molar-refractivity contribution in [2.24, 2.45) is 7.05 Å². The molecule has 1 heterocycles. The SMILES string of the molecule is Cc1ccc(Nc2c(C(=O)NC3CC3)c(Oc3cccc(CSN(C)C)c3)c(C)c(=O)n2C)c(F)c1. The molecule has 1 amide bonds. The Morgan fingerprint density at radius 1 is 1.19 bits per heavy atom. The summed E-state index contributed by atoms with van der Waals surface area (Å²) in [6.45, 7) is 3.42. The number of aromatic nitrogens is 1. The largest absolute Gasteiger partial charge is 0.456 e. The lowest BCUT2D eigenvalue weighted by molar-refractivity contribution is 0.0948. The first kappa shape index (κ1) is 25.8. The number of pyridine rings is 1. The highest BCUT2D eigenvalue weighted by Gasteiger charge is 2.30. The van der Waals surface area contributed by atoms with Crippen molar-refractivity contribution >= 4 is 29.4 Å². The minimum Gasteiger partial charge on any atom is -0.456 e. The summed E-state index contributed by atoms with van der Waals surface area (Å²) < 4.78 is 24.3. The van der Waals surface area contributed by atoms with Crippen molar-refractivity contribution in [2.45, 2.75) is 38.5 Å². The van der Waals surface area contributed by atoms with Crippen LogP contribution in [0.3, 0.4) is 0 Å². The normalized spacial score (nSPS) is 13.1. The van der Waals surface area contributed by atoms with Crippen LogP contribution in [0.4, 0.5) is 15.9 Å². The second-order valence-electron chi connectivity index (χ2n) is 9.23. The second kappa shape index (κ2) is 10.8. The lowest BCUT2D eigenvalue weighted by Crippen LogP contribution is -2.31. The third-order valence-electron chi connectivity index (χ3n) is 5.89. The fourth-order valence-electron chi connectivity index (χ4n) is 3.75. The Labute approximate surface area is 214 Å². The van der Waals surface area contributed by atoms with Crippen LogP contribution in [0.1, 0.15) is 39.9 Å². The van der Waals surface area contributed by atoms with Crippen LogP contribution >= 0.6 is 11.9 Å². The van der Waals surface area contributed by atoms with Crippen LogP contribution in [-0.2, 0) is 12.8 Å². The Kier molecular flexibility index (Phi) is 7.70. The van der Waals surface area contributed by atoms with E-state index in [-0.39, 0.29) is 40.3 Å². The summed E-state index contributed by atoms with van der Waals surface area (Å²) in [7, 11) is 5.51. The topological polar surface area (TPSA) is 75.6 Å². The van der Waals surface area contributed by atoms with E-state index in [1.807, 2.05) is 36.6 Å². The molecule has 0 saturated heterocycles. The highest BCUT2D eigenvalue weighted by atomic mass is 32.2. The van der Waals surface area contributed by atoms with Gasteiger partial charge in [0, 0.05) is 18.8 Å². The van der Waals surface area contributed by atoms with E-state index in [1.54, 1.807) is 51.0 Å². The Balaban J connectivity index is 1.81. The van der Waals surface area contributed by atoms with E-state index in [0.717, 1.165) is 29.7 Å². The van der Waals surface area contributed by atoms with Crippen LogP contribution < -0.4 is 20.9 Å². The van der Waals surface area contributed by atoms with Gasteiger partial charge in [0.2, 0.25) is 0 Å². The molecule has 0 spiro atoms. The molecule has 0 aliphatic heterocycles. The second-order valence-corrected chi connectivity index (χ2v) is 10.5. The molecular weight excluding hydrogens is 479 g/mol. The molecule has 0 unspecified atom stereocenters. The van der Waals surface area contributed by atoms with Crippen molar-refractivity contribution < 1.29 is 13.9 Å². The third kappa shape index (κ3) is 5.91. The molecule has 1 aromatic heterocycles. The van der Waals surface area contributed by atoms with Gasteiger partial charge in [0.1, 0.15) is 22.9 Å². The molecule has 1 saturated carbocycles. The van der Waals surface area contributed by atoms with E-state index >= 15 is 0 Å². The van der Waals surface area contributed by atoms with Gasteiger partial charge in [-0.25, -0.2) is 4.39 Å². The van der Waals surface area contributed by atoms with Crippen molar-refractivity contribution in [3.05, 3.63) is 80.9 Å². The first-order valence-electron chi connectivity index (χ1n) is 11.8. The first-order valence-corrected chi connectivity index (χ1v) is 12.7. The van der Waals surface area contributed by atoms with Crippen molar-refractivity contribution in [2.75, 3.05) is 19.4 Å². The molecule has 0 bridgehead atoms. The molecule has 9 heteroatoms. The minimum atomic E-state index is -0.481. The number of nitrogens with zero attached hydrogens (tertiary/aromatic N) is 2. The smallest absolute Gasteiger partial charge is 0.259 e. The fourth-order valence-corrected chi connectivity index (χ4v) is 4.34. The van der Waals surface area contributed by atoms with E-state index in [4.69, 9.17) is 4.74 Å². The van der Waals surface area contributed by atoms with Crippen LogP contribution in [0, 0.1) is 19.7 Å². The Bertz CT molecular complexity index is 1350. The van der Waals surface area contributed by atoms with Crippen LogP contribution in [0.5, 0.6) is 11.5 Å². The molecule has 1 aliphatic carbocycles. The summed E-state index contributed by atoms with van der Waals surface area (Å²) in [5.41, 5.74) is 2.07. The number of amides is 1. The van der Waals surface area contributed by atoms with E-state index in [9.17, 15) is 14.0 Å². The number of hydrogen-bond donors (Lipinski definition) is 2. The number of benzene rings is 2. The molecule has 2 aromatic carbocycles. The third-order valence-corrected chi connectivity index (χ3v) is 6.87. The summed E-state index contributed by atoms with van der Waals surface area (Å²) in [4.78, 5) is 26.7. The number of hydrogen-bond acceptors (Lipinski definition) is 6. The lowest BCUT2D eigenvalue weighted by atomic mass is 10.1. The maximum absolute atomic E-state index is 14.7. The van der Waals surface area contributed by atoms with Gasteiger partial charge in [0.05, 0.1) is 11.3 Å². The number of ether oxygens (including phenoxy) is 1. The van der Waals surface area contributed by atoms with Gasteiger partial charge in [-0.15, -0.1) is 0 Å². The zero-order chi connectivity index (χ0) is 26.0. The van der Waals surface area contributed by atoms with Gasteiger partial charge in [-0.05, 0) is 76.2 Å². The van der Waals surface area contributed by atoms with E-state index in [0.29, 0.717) is 11.3 Å². The van der Waals surface area contributed by atoms with Gasteiger partial charge in [-0.1, -0.05) is 30.1 Å². The van der Waals surface area contributed by atoms with Crippen molar-refractivity contribution in [3.8, 4) is 11.5 Å². The van der Waals surface area contributed by atoms with Gasteiger partial charge in [-0.2, -0.15) is 0 Å². The monoisotopic (exact) mass is 510 g/mol. The summed E-state index contributed by atoms with van der Waals surface area (Å²) in [6.07, 6.45) is 1.79. The fraction of sp³-hybridized carbons (Fsp3) is 0.333. The van der Waals surface area contributed by atoms with Crippen LogP contribution in [0.25, 0.3) is 0 Å². The van der Waals surface area contributed by atoms with Crippen molar-refractivity contribution in [3.63, 3.8) is 0 Å². The number of anilines is 2. The van der Waals surface area contributed by atoms with E-state index < -0.39 is 5.82 Å². The van der Waals surface area contributed by atoms with Gasteiger partial charge < -0.3 is 15.4 Å². The molecule has 2 N–H and O–H groups in total. The summed E-state index contributed by atoms with van der Waals surface area (Å²) in [6, 6.07) is 12.4. The summed E-state index contributed by atoms with van der Waals surface area (Å²) in [5.74, 6) is 0.722. The number of nitrogens with one attached hydrogen (secondary N) is 2. The number of rotatable bonds is 9. The van der Waals surface area contributed by atoms with Crippen molar-refractivity contribution in [1.82, 2.24) is 14.2 Å². The zero-order valence-corrected chi connectivity index (χ0v) is 22.0. The van der Waals surface area contributed by atoms with E-state index in [2.05, 4.69) is 10.6 Å². The average molecular weight is 511 g/mol. The maximum atomic E-state index is 14.7. The molecule has 3 aromatic rings. The van der Waals surface area contributed by atoms with Crippen LogP contribution in [0.15, 0.2) is 47.3 Å². The van der Waals surface area contributed by atoms with Gasteiger partial charge in [0.15, 0.2) is 5.75 Å². The zero-order valence-electron chi connectivity index (χ0n) is 21.1. The van der Waals surface area contributed by atoms with Crippen LogP contribution in [0.2, 0.25) is 0 Å². The summed E-state index contributed by atoms with van der Waals surface area (Å²) >= 11 is 1.65. The Hall–Kier alpha value is -3.30. The van der Waals surface area contributed by atoms with Gasteiger partial charge >= 0.3 is 0 Å². The predicted molar refractivity (Wildman–Crippen MR) is 143 cm³/mol. The number of carbonyl (C=O) groups is 1. The average Bonchev–Trinajstić information content (AvgIpc) is 3.65. The molecule has 4 rings (SSSR count). The summed E-state index contributed by atoms with van der Waals surface area (Å²) in [5, 5.41) is 5.97. The number of carbonyl (C=O) groups excluding carboxylic acids is 1. The number of halogens is 1. The molecule has 7 nitrogen and oxygen atoms in total. The Morgan fingerprint density at radius 3 is 2.61 bits per heavy atom. The van der Waals surface area contributed by atoms with Crippen molar-refractivity contribution in [1.29, 1.82) is 0 Å². The quantitative estimate of drug-likeness (QED) is 0.382. The highest BCUT2D eigenvalue weighted by molar-refractivity contribution is 7.96. The molecule has 0 atom stereocenters. The predicted octanol–water partition coefficient (Wildman–Crippen LogP) is 5.28.